The maximum Gasteiger partial charge on any atom is 0.340 e. The molecule has 15 heavy (non-hydrogen) atoms. The van der Waals surface area contributed by atoms with Crippen LogP contribution in [-0.4, -0.2) is 19.4 Å². The first-order valence-electron chi connectivity index (χ1n) is 4.19. The minimum Gasteiger partial charge on any atom is -0.465 e. The van der Waals surface area contributed by atoms with Crippen molar-refractivity contribution < 1.29 is 18.7 Å². The van der Waals surface area contributed by atoms with Gasteiger partial charge in [-0.25, -0.2) is 9.18 Å². The van der Waals surface area contributed by atoms with Gasteiger partial charge in [0.05, 0.1) is 12.7 Å². The van der Waals surface area contributed by atoms with Crippen molar-refractivity contribution in [2.45, 2.75) is 0 Å². The number of ether oxygens (including phenoxy) is 1. The van der Waals surface area contributed by atoms with Crippen molar-refractivity contribution in [3.63, 3.8) is 0 Å². The molecule has 0 radical (unpaired) electrons. The Morgan fingerprint density at radius 2 is 2.20 bits per heavy atom. The molecule has 0 bridgehead atoms. The number of carbonyl (C=O) groups excluding carboxylic acids is 2. The van der Waals surface area contributed by atoms with Crippen LogP contribution in [0.1, 0.15) is 15.9 Å². The molecule has 0 fully saturated rings. The van der Waals surface area contributed by atoms with E-state index in [1.165, 1.54) is 31.4 Å². The zero-order chi connectivity index (χ0) is 11.3. The highest BCUT2D eigenvalue weighted by Crippen LogP contribution is 2.15. The van der Waals surface area contributed by atoms with Gasteiger partial charge < -0.3 is 4.74 Å². The fraction of sp³-hybridized carbons (Fsp3) is 0.0909. The molecule has 4 heteroatoms. The number of methoxy groups -OCH3 is 1. The molecule has 1 aromatic rings. The largest absolute Gasteiger partial charge is 0.465 e. The van der Waals surface area contributed by atoms with Crippen LogP contribution >= 0.6 is 0 Å². The van der Waals surface area contributed by atoms with Gasteiger partial charge in [0.1, 0.15) is 12.1 Å². The predicted molar refractivity (Wildman–Crippen MR) is 52.8 cm³/mol. The van der Waals surface area contributed by atoms with E-state index < -0.39 is 11.8 Å². The van der Waals surface area contributed by atoms with Crippen LogP contribution in [0.15, 0.2) is 24.3 Å². The molecule has 0 unspecified atom stereocenters. The van der Waals surface area contributed by atoms with E-state index in [0.717, 1.165) is 6.08 Å². The van der Waals surface area contributed by atoms with Gasteiger partial charge in [0.2, 0.25) is 0 Å². The highest BCUT2D eigenvalue weighted by atomic mass is 19.1. The zero-order valence-electron chi connectivity index (χ0n) is 8.07. The highest BCUT2D eigenvalue weighted by Gasteiger charge is 2.13. The molecule has 0 saturated carbocycles. The fourth-order valence-electron chi connectivity index (χ4n) is 1.09. The molecule has 0 saturated heterocycles. The Labute approximate surface area is 86.2 Å². The topological polar surface area (TPSA) is 43.4 Å². The number of allylic oxidation sites excluding steroid dienone is 1. The molecular weight excluding hydrogens is 199 g/mol. The van der Waals surface area contributed by atoms with Crippen LogP contribution in [0.4, 0.5) is 4.39 Å². The van der Waals surface area contributed by atoms with Crippen molar-refractivity contribution in [2.75, 3.05) is 7.11 Å². The number of hydrogen-bond donors (Lipinski definition) is 0. The summed E-state index contributed by atoms with van der Waals surface area (Å²) < 4.78 is 18.0. The molecule has 1 aromatic carbocycles. The Morgan fingerprint density at radius 1 is 1.47 bits per heavy atom. The van der Waals surface area contributed by atoms with Gasteiger partial charge in [-0.05, 0) is 18.2 Å². The first kappa shape index (κ1) is 11.1. The van der Waals surface area contributed by atoms with Gasteiger partial charge >= 0.3 is 5.97 Å². The van der Waals surface area contributed by atoms with Crippen LogP contribution in [0.5, 0.6) is 0 Å². The van der Waals surface area contributed by atoms with E-state index >= 15 is 0 Å². The van der Waals surface area contributed by atoms with Crippen molar-refractivity contribution >= 4 is 18.3 Å². The number of aldehydes is 1. The maximum atomic E-state index is 13.6. The van der Waals surface area contributed by atoms with Crippen LogP contribution in [0, 0.1) is 5.82 Å². The van der Waals surface area contributed by atoms with E-state index in [2.05, 4.69) is 4.74 Å². The second kappa shape index (κ2) is 5.05. The lowest BCUT2D eigenvalue weighted by Crippen LogP contribution is -2.05. The molecule has 3 nitrogen and oxygen atoms in total. The van der Waals surface area contributed by atoms with Crippen molar-refractivity contribution in [1.29, 1.82) is 0 Å². The number of benzene rings is 1. The normalized spacial score (nSPS) is 10.3. The molecule has 0 spiro atoms. The quantitative estimate of drug-likeness (QED) is 0.432. The fourth-order valence-corrected chi connectivity index (χ4v) is 1.09. The molecule has 0 aromatic heterocycles. The second-order valence-corrected chi connectivity index (χ2v) is 2.70. The van der Waals surface area contributed by atoms with Crippen molar-refractivity contribution in [3.05, 3.63) is 41.2 Å². The van der Waals surface area contributed by atoms with E-state index in [-0.39, 0.29) is 11.1 Å². The van der Waals surface area contributed by atoms with Crippen molar-refractivity contribution in [2.24, 2.45) is 0 Å². The van der Waals surface area contributed by atoms with Gasteiger partial charge in [-0.3, -0.25) is 4.79 Å². The summed E-state index contributed by atoms with van der Waals surface area (Å²) in [6, 6.07) is 4.29. The Hall–Kier alpha value is -1.97. The van der Waals surface area contributed by atoms with Gasteiger partial charge in [-0.15, -0.1) is 0 Å². The third-order valence-electron chi connectivity index (χ3n) is 1.79. The summed E-state index contributed by atoms with van der Waals surface area (Å²) in [6.45, 7) is 0. The van der Waals surface area contributed by atoms with E-state index in [1.54, 1.807) is 0 Å². The predicted octanol–water partition coefficient (Wildman–Crippen LogP) is 1.82. The maximum absolute atomic E-state index is 13.6. The minimum atomic E-state index is -0.742. The first-order valence-corrected chi connectivity index (χ1v) is 4.19. The molecule has 1 rings (SSSR count). The van der Waals surface area contributed by atoms with Gasteiger partial charge in [0.15, 0.2) is 0 Å². The molecule has 0 aliphatic carbocycles. The Balaban J connectivity index is 3.16. The summed E-state index contributed by atoms with van der Waals surface area (Å²) in [5.41, 5.74) is 0.0237. The Bertz CT molecular complexity index is 410. The van der Waals surface area contributed by atoms with Crippen LogP contribution in [0.25, 0.3) is 6.08 Å². The molecule has 0 heterocycles. The third-order valence-corrected chi connectivity index (χ3v) is 1.79. The van der Waals surface area contributed by atoms with Crippen LogP contribution < -0.4 is 0 Å². The number of rotatable bonds is 3. The zero-order valence-corrected chi connectivity index (χ0v) is 8.07. The van der Waals surface area contributed by atoms with Gasteiger partial charge in [0.25, 0.3) is 0 Å². The van der Waals surface area contributed by atoms with Gasteiger partial charge in [-0.1, -0.05) is 12.1 Å². The summed E-state index contributed by atoms with van der Waals surface area (Å²) in [5.74, 6) is -1.43. The smallest absolute Gasteiger partial charge is 0.340 e. The molecule has 0 amide bonds. The summed E-state index contributed by atoms with van der Waals surface area (Å²) >= 11 is 0. The second-order valence-electron chi connectivity index (χ2n) is 2.70. The first-order chi connectivity index (χ1) is 7.20. The highest BCUT2D eigenvalue weighted by molar-refractivity contribution is 5.90. The Kier molecular flexibility index (Phi) is 3.74. The average molecular weight is 208 g/mol. The monoisotopic (exact) mass is 208 g/mol. The molecular formula is C11H9FO3. The Morgan fingerprint density at radius 3 is 2.80 bits per heavy atom. The summed E-state index contributed by atoms with van der Waals surface area (Å²) in [4.78, 5) is 21.2. The van der Waals surface area contributed by atoms with Crippen molar-refractivity contribution in [1.82, 2.24) is 0 Å². The molecule has 0 atom stereocenters. The van der Waals surface area contributed by atoms with Crippen molar-refractivity contribution in [3.8, 4) is 0 Å². The molecule has 78 valence electrons. The average Bonchev–Trinajstić information content (AvgIpc) is 2.27. The standard InChI is InChI=1S/C11H9FO3/c1-15-11(14)9-6-2-4-8(10(9)12)5-3-7-13/h2-7H,1H3. The summed E-state index contributed by atoms with van der Waals surface area (Å²) in [7, 11) is 1.18. The number of carbonyl (C=O) groups is 2. The van der Waals surface area contributed by atoms with E-state index in [9.17, 15) is 14.0 Å². The van der Waals surface area contributed by atoms with Gasteiger partial charge in [0, 0.05) is 5.56 Å². The van der Waals surface area contributed by atoms with Crippen LogP contribution in [-0.2, 0) is 9.53 Å². The lowest BCUT2D eigenvalue weighted by Gasteiger charge is -2.02. The molecule has 0 aliphatic rings. The van der Waals surface area contributed by atoms with Gasteiger partial charge in [-0.2, -0.15) is 0 Å². The van der Waals surface area contributed by atoms with E-state index in [1.807, 2.05) is 0 Å². The molecule has 0 N–H and O–H groups in total. The number of halogens is 1. The summed E-state index contributed by atoms with van der Waals surface area (Å²) in [6.07, 6.45) is 2.97. The molecule has 0 aliphatic heterocycles. The number of hydrogen-bond acceptors (Lipinski definition) is 3. The van der Waals surface area contributed by atoms with E-state index in [4.69, 9.17) is 0 Å². The van der Waals surface area contributed by atoms with E-state index in [0.29, 0.717) is 6.29 Å². The minimum absolute atomic E-state index is 0.148. The third kappa shape index (κ3) is 2.49. The van der Waals surface area contributed by atoms with Crippen LogP contribution in [0.3, 0.4) is 0 Å². The van der Waals surface area contributed by atoms with Crippen LogP contribution in [0.2, 0.25) is 0 Å². The SMILES string of the molecule is COC(=O)c1cccc(C=CC=O)c1F. The summed E-state index contributed by atoms with van der Waals surface area (Å²) in [5, 5.41) is 0. The lowest BCUT2D eigenvalue weighted by atomic mass is 10.1. The number of esters is 1. The lowest BCUT2D eigenvalue weighted by molar-refractivity contribution is -0.104.